The molecule has 0 aliphatic rings. The minimum Gasteiger partial charge on any atom is -0.376 e. The van der Waals surface area contributed by atoms with Gasteiger partial charge in [0.15, 0.2) is 0 Å². The van der Waals surface area contributed by atoms with Gasteiger partial charge in [-0.05, 0) is 30.2 Å². The molecule has 1 aromatic rings. The highest BCUT2D eigenvalue weighted by molar-refractivity contribution is 6.30. The number of amides is 1. The number of halogens is 1. The number of carbonyl (C=O) groups excluding carboxylic acids is 1. The maximum atomic E-state index is 11.4. The molecule has 0 heterocycles. The van der Waals surface area contributed by atoms with E-state index in [2.05, 4.69) is 24.5 Å². The monoisotopic (exact) mass is 240 g/mol. The Kier molecular flexibility index (Phi) is 5.12. The van der Waals surface area contributed by atoms with Crippen molar-refractivity contribution in [2.24, 2.45) is 5.92 Å². The van der Waals surface area contributed by atoms with Crippen LogP contribution in [0.15, 0.2) is 24.3 Å². The van der Waals surface area contributed by atoms with Gasteiger partial charge in [-0.15, -0.1) is 0 Å². The summed E-state index contributed by atoms with van der Waals surface area (Å²) in [7, 11) is 0. The quantitative estimate of drug-likeness (QED) is 0.831. The van der Waals surface area contributed by atoms with E-state index in [1.807, 2.05) is 12.1 Å². The second-order valence-corrected chi connectivity index (χ2v) is 4.49. The van der Waals surface area contributed by atoms with E-state index < -0.39 is 0 Å². The first-order valence-electron chi connectivity index (χ1n) is 5.34. The van der Waals surface area contributed by atoms with E-state index in [1.165, 1.54) is 0 Å². The van der Waals surface area contributed by atoms with E-state index in [0.717, 1.165) is 5.69 Å². The van der Waals surface area contributed by atoms with Gasteiger partial charge in [-0.1, -0.05) is 25.4 Å². The maximum Gasteiger partial charge on any atom is 0.239 e. The van der Waals surface area contributed by atoms with Crippen molar-refractivity contribution < 1.29 is 4.79 Å². The Morgan fingerprint density at radius 2 is 1.94 bits per heavy atom. The largest absolute Gasteiger partial charge is 0.376 e. The Morgan fingerprint density at radius 1 is 1.31 bits per heavy atom. The number of rotatable bonds is 5. The summed E-state index contributed by atoms with van der Waals surface area (Å²) >= 11 is 5.75. The fourth-order valence-electron chi connectivity index (χ4n) is 1.13. The first kappa shape index (κ1) is 12.8. The Hall–Kier alpha value is -1.22. The van der Waals surface area contributed by atoms with Crippen LogP contribution in [0.5, 0.6) is 0 Å². The SMILES string of the molecule is CC(C)CNC(=O)CNc1ccc(Cl)cc1. The van der Waals surface area contributed by atoms with Gasteiger partial charge in [0.25, 0.3) is 0 Å². The van der Waals surface area contributed by atoms with Gasteiger partial charge in [0.05, 0.1) is 6.54 Å². The molecule has 0 spiro atoms. The molecule has 0 fully saturated rings. The number of anilines is 1. The van der Waals surface area contributed by atoms with Crippen molar-refractivity contribution in [3.05, 3.63) is 29.3 Å². The Balaban J connectivity index is 2.29. The normalized spacial score (nSPS) is 10.2. The minimum absolute atomic E-state index is 0.00338. The Morgan fingerprint density at radius 3 is 2.50 bits per heavy atom. The standard InChI is InChI=1S/C12H17ClN2O/c1-9(2)7-15-12(16)8-14-11-5-3-10(13)4-6-11/h3-6,9,14H,7-8H2,1-2H3,(H,15,16). The molecule has 0 saturated carbocycles. The molecule has 1 rings (SSSR count). The summed E-state index contributed by atoms with van der Waals surface area (Å²) in [5.74, 6) is 0.475. The van der Waals surface area contributed by atoms with Crippen LogP contribution in [0.4, 0.5) is 5.69 Å². The third-order valence-corrected chi connectivity index (χ3v) is 2.26. The van der Waals surface area contributed by atoms with E-state index in [1.54, 1.807) is 12.1 Å². The van der Waals surface area contributed by atoms with Gasteiger partial charge < -0.3 is 10.6 Å². The van der Waals surface area contributed by atoms with E-state index in [4.69, 9.17) is 11.6 Å². The van der Waals surface area contributed by atoms with E-state index in [-0.39, 0.29) is 12.5 Å². The average molecular weight is 241 g/mol. The number of nitrogens with one attached hydrogen (secondary N) is 2. The zero-order valence-electron chi connectivity index (χ0n) is 9.59. The van der Waals surface area contributed by atoms with Gasteiger partial charge >= 0.3 is 0 Å². The Labute approximate surface area is 101 Å². The molecule has 16 heavy (non-hydrogen) atoms. The van der Waals surface area contributed by atoms with Crippen molar-refractivity contribution >= 4 is 23.2 Å². The number of carbonyl (C=O) groups is 1. The fraction of sp³-hybridized carbons (Fsp3) is 0.417. The summed E-state index contributed by atoms with van der Waals surface area (Å²) in [4.78, 5) is 11.4. The van der Waals surface area contributed by atoms with Crippen LogP contribution >= 0.6 is 11.6 Å². The zero-order valence-corrected chi connectivity index (χ0v) is 10.3. The molecule has 2 N–H and O–H groups in total. The molecule has 0 aromatic heterocycles. The second-order valence-electron chi connectivity index (χ2n) is 4.06. The van der Waals surface area contributed by atoms with Crippen LogP contribution in [-0.2, 0) is 4.79 Å². The molecule has 1 aromatic carbocycles. The third kappa shape index (κ3) is 5.03. The van der Waals surface area contributed by atoms with Gasteiger partial charge in [0.2, 0.25) is 5.91 Å². The summed E-state index contributed by atoms with van der Waals surface area (Å²) in [5.41, 5.74) is 0.893. The zero-order chi connectivity index (χ0) is 12.0. The molecule has 0 aliphatic heterocycles. The lowest BCUT2D eigenvalue weighted by molar-refractivity contribution is -0.119. The van der Waals surface area contributed by atoms with Crippen molar-refractivity contribution in [3.63, 3.8) is 0 Å². The molecule has 4 heteroatoms. The molecule has 3 nitrogen and oxygen atoms in total. The fourth-order valence-corrected chi connectivity index (χ4v) is 1.26. The highest BCUT2D eigenvalue weighted by atomic mass is 35.5. The lowest BCUT2D eigenvalue weighted by Crippen LogP contribution is -2.32. The molecule has 0 bridgehead atoms. The molecule has 88 valence electrons. The summed E-state index contributed by atoms with van der Waals surface area (Å²) < 4.78 is 0. The van der Waals surface area contributed by atoms with Gasteiger partial charge in [0, 0.05) is 17.3 Å². The Bertz CT molecular complexity index is 335. The molecule has 0 atom stereocenters. The second kappa shape index (κ2) is 6.38. The van der Waals surface area contributed by atoms with Gasteiger partial charge in [-0.2, -0.15) is 0 Å². The first-order chi connectivity index (χ1) is 7.58. The van der Waals surface area contributed by atoms with Crippen LogP contribution in [0, 0.1) is 5.92 Å². The summed E-state index contributed by atoms with van der Waals surface area (Å²) in [6, 6.07) is 7.27. The van der Waals surface area contributed by atoms with Crippen LogP contribution in [0.3, 0.4) is 0 Å². The minimum atomic E-state index is 0.00338. The summed E-state index contributed by atoms with van der Waals surface area (Å²) in [6.07, 6.45) is 0. The maximum absolute atomic E-state index is 11.4. The lowest BCUT2D eigenvalue weighted by Gasteiger charge is -2.09. The molecular formula is C12H17ClN2O. The molecular weight excluding hydrogens is 224 g/mol. The molecule has 1 amide bonds. The van der Waals surface area contributed by atoms with E-state index in [9.17, 15) is 4.79 Å². The number of benzene rings is 1. The topological polar surface area (TPSA) is 41.1 Å². The summed E-state index contributed by atoms with van der Waals surface area (Å²) in [5, 5.41) is 6.55. The van der Waals surface area contributed by atoms with Gasteiger partial charge in [-0.3, -0.25) is 4.79 Å². The van der Waals surface area contributed by atoms with Gasteiger partial charge in [-0.25, -0.2) is 0 Å². The predicted molar refractivity (Wildman–Crippen MR) is 67.8 cm³/mol. The molecule has 0 radical (unpaired) electrons. The summed E-state index contributed by atoms with van der Waals surface area (Å²) in [6.45, 7) is 5.12. The van der Waals surface area contributed by atoms with Crippen LogP contribution in [0.2, 0.25) is 5.02 Å². The highest BCUT2D eigenvalue weighted by Crippen LogP contribution is 2.12. The molecule has 0 aliphatic carbocycles. The molecule has 0 unspecified atom stereocenters. The predicted octanol–water partition coefficient (Wildman–Crippen LogP) is 2.52. The molecule has 0 saturated heterocycles. The van der Waals surface area contributed by atoms with Crippen molar-refractivity contribution in [1.82, 2.24) is 5.32 Å². The van der Waals surface area contributed by atoms with E-state index in [0.29, 0.717) is 17.5 Å². The van der Waals surface area contributed by atoms with Crippen molar-refractivity contribution in [1.29, 1.82) is 0 Å². The van der Waals surface area contributed by atoms with Gasteiger partial charge in [0.1, 0.15) is 0 Å². The average Bonchev–Trinajstić information content (AvgIpc) is 2.25. The van der Waals surface area contributed by atoms with Crippen LogP contribution in [-0.4, -0.2) is 19.0 Å². The first-order valence-corrected chi connectivity index (χ1v) is 5.72. The van der Waals surface area contributed by atoms with Crippen LogP contribution < -0.4 is 10.6 Å². The van der Waals surface area contributed by atoms with Crippen molar-refractivity contribution in [2.75, 3.05) is 18.4 Å². The van der Waals surface area contributed by atoms with Crippen LogP contribution in [0.25, 0.3) is 0 Å². The van der Waals surface area contributed by atoms with Crippen molar-refractivity contribution in [2.45, 2.75) is 13.8 Å². The van der Waals surface area contributed by atoms with Crippen molar-refractivity contribution in [3.8, 4) is 0 Å². The third-order valence-electron chi connectivity index (χ3n) is 2.00. The number of hydrogen-bond acceptors (Lipinski definition) is 2. The van der Waals surface area contributed by atoms with E-state index >= 15 is 0 Å². The smallest absolute Gasteiger partial charge is 0.239 e. The highest BCUT2D eigenvalue weighted by Gasteiger charge is 2.01. The van der Waals surface area contributed by atoms with Crippen LogP contribution in [0.1, 0.15) is 13.8 Å². The number of hydrogen-bond donors (Lipinski definition) is 2. The lowest BCUT2D eigenvalue weighted by atomic mass is 10.2.